The molecule has 3 rings (SSSR count). The Balaban J connectivity index is 1.59. The molecule has 2 aromatic rings. The van der Waals surface area contributed by atoms with Crippen LogP contribution in [0, 0.1) is 11.6 Å². The van der Waals surface area contributed by atoms with Crippen LogP contribution in [0.15, 0.2) is 41.5 Å². The van der Waals surface area contributed by atoms with Crippen LogP contribution in [0.3, 0.4) is 0 Å². The average molecular weight is 388 g/mol. The van der Waals surface area contributed by atoms with Crippen molar-refractivity contribution < 1.29 is 8.78 Å². The molecular weight excluding hydrogens is 362 g/mol. The van der Waals surface area contributed by atoms with Crippen LogP contribution in [0.4, 0.5) is 20.3 Å². The number of hydrogen-bond acceptors (Lipinski definition) is 4. The van der Waals surface area contributed by atoms with Gasteiger partial charge < -0.3 is 20.4 Å². The highest BCUT2D eigenvalue weighted by Crippen LogP contribution is 2.26. The fraction of sp³-hybridized carbons (Fsp3) is 0.400. The lowest BCUT2D eigenvalue weighted by molar-refractivity contribution is 0.576. The summed E-state index contributed by atoms with van der Waals surface area (Å²) in [5, 5.41) is 6.63. The second-order valence-electron chi connectivity index (χ2n) is 6.95. The van der Waals surface area contributed by atoms with E-state index in [0.717, 1.165) is 17.8 Å². The molecule has 1 fully saturated rings. The molecule has 2 heterocycles. The second-order valence-corrected chi connectivity index (χ2v) is 6.95. The first-order chi connectivity index (χ1) is 13.5. The van der Waals surface area contributed by atoms with E-state index in [4.69, 9.17) is 0 Å². The van der Waals surface area contributed by atoms with Crippen LogP contribution < -0.4 is 20.4 Å². The molecular formula is C20H26F2N6. The molecule has 0 saturated carbocycles. The topological polar surface area (TPSA) is 55.8 Å². The lowest BCUT2D eigenvalue weighted by Gasteiger charge is -2.22. The Hall–Kier alpha value is -2.90. The van der Waals surface area contributed by atoms with Gasteiger partial charge in [-0.15, -0.1) is 0 Å². The lowest BCUT2D eigenvalue weighted by Crippen LogP contribution is -2.44. The maximum atomic E-state index is 14.0. The quantitative estimate of drug-likeness (QED) is 0.608. The van der Waals surface area contributed by atoms with Gasteiger partial charge in [0, 0.05) is 58.6 Å². The number of guanidine groups is 1. The summed E-state index contributed by atoms with van der Waals surface area (Å²) in [7, 11) is 5.61. The van der Waals surface area contributed by atoms with Crippen LogP contribution in [0.1, 0.15) is 12.0 Å². The van der Waals surface area contributed by atoms with Crippen molar-refractivity contribution in [2.45, 2.75) is 19.0 Å². The van der Waals surface area contributed by atoms with Crippen LogP contribution in [0.5, 0.6) is 0 Å². The Kier molecular flexibility index (Phi) is 6.28. The van der Waals surface area contributed by atoms with Crippen LogP contribution >= 0.6 is 0 Å². The smallest absolute Gasteiger partial charge is 0.191 e. The summed E-state index contributed by atoms with van der Waals surface area (Å²) in [6.45, 7) is 1.66. The van der Waals surface area contributed by atoms with Gasteiger partial charge in [0.2, 0.25) is 0 Å². The second kappa shape index (κ2) is 8.86. The van der Waals surface area contributed by atoms with E-state index in [1.165, 1.54) is 18.2 Å². The van der Waals surface area contributed by atoms with Gasteiger partial charge in [-0.3, -0.25) is 4.99 Å². The number of hydrogen-bond donors (Lipinski definition) is 2. The van der Waals surface area contributed by atoms with Crippen molar-refractivity contribution in [3.8, 4) is 0 Å². The first-order valence-electron chi connectivity index (χ1n) is 9.27. The van der Waals surface area contributed by atoms with Gasteiger partial charge >= 0.3 is 0 Å². The third kappa shape index (κ3) is 4.49. The van der Waals surface area contributed by atoms with Crippen molar-refractivity contribution in [1.29, 1.82) is 0 Å². The number of halogens is 2. The van der Waals surface area contributed by atoms with Crippen molar-refractivity contribution in [1.82, 2.24) is 15.6 Å². The first kappa shape index (κ1) is 19.9. The molecule has 1 unspecified atom stereocenters. The highest BCUT2D eigenvalue weighted by Gasteiger charge is 2.27. The highest BCUT2D eigenvalue weighted by atomic mass is 19.1. The largest absolute Gasteiger partial charge is 0.365 e. The number of pyridine rings is 1. The minimum absolute atomic E-state index is 0.0423. The number of anilines is 2. The zero-order valence-electron chi connectivity index (χ0n) is 16.4. The number of para-hydroxylation sites is 1. The molecule has 6 nitrogen and oxygen atoms in total. The van der Waals surface area contributed by atoms with E-state index in [1.807, 2.05) is 31.1 Å². The van der Waals surface area contributed by atoms with Gasteiger partial charge in [-0.1, -0.05) is 12.1 Å². The molecule has 8 heteroatoms. The Labute approximate surface area is 164 Å². The van der Waals surface area contributed by atoms with Crippen molar-refractivity contribution in [2.24, 2.45) is 4.99 Å². The van der Waals surface area contributed by atoms with Crippen LogP contribution in [-0.2, 0) is 6.54 Å². The third-order valence-corrected chi connectivity index (χ3v) is 4.74. The summed E-state index contributed by atoms with van der Waals surface area (Å²) in [6.07, 6.45) is 2.53. The zero-order chi connectivity index (χ0) is 20.1. The molecule has 1 aliphatic heterocycles. The number of aliphatic imine (C=N–C) groups is 1. The van der Waals surface area contributed by atoms with E-state index >= 15 is 0 Å². The van der Waals surface area contributed by atoms with Crippen molar-refractivity contribution in [3.05, 3.63) is 53.7 Å². The van der Waals surface area contributed by atoms with Gasteiger partial charge in [0.25, 0.3) is 0 Å². The Morgan fingerprint density at radius 2 is 2.00 bits per heavy atom. The molecule has 2 N–H and O–H groups in total. The van der Waals surface area contributed by atoms with E-state index in [2.05, 4.69) is 20.6 Å². The summed E-state index contributed by atoms with van der Waals surface area (Å²) in [5.74, 6) is 0.480. The molecule has 0 spiro atoms. The third-order valence-electron chi connectivity index (χ3n) is 4.74. The molecule has 1 atom stereocenters. The first-order valence-corrected chi connectivity index (χ1v) is 9.27. The maximum Gasteiger partial charge on any atom is 0.191 e. The molecule has 0 bridgehead atoms. The zero-order valence-corrected chi connectivity index (χ0v) is 16.4. The van der Waals surface area contributed by atoms with Crippen LogP contribution in [0.2, 0.25) is 0 Å². The summed E-state index contributed by atoms with van der Waals surface area (Å²) in [5.41, 5.74) is 1.10. The van der Waals surface area contributed by atoms with Gasteiger partial charge in [-0.05, 0) is 24.6 Å². The SMILES string of the molecule is CN=C(NCc1cccnc1N(C)C)NC1CCN(c2c(F)cccc2F)C1. The Morgan fingerprint density at radius 1 is 1.25 bits per heavy atom. The van der Waals surface area contributed by atoms with E-state index in [9.17, 15) is 8.78 Å². The molecule has 1 aliphatic rings. The van der Waals surface area contributed by atoms with Crippen LogP contribution in [-0.4, -0.2) is 51.2 Å². The summed E-state index contributed by atoms with van der Waals surface area (Å²) in [6, 6.07) is 7.92. The van der Waals surface area contributed by atoms with Crippen molar-refractivity contribution in [2.75, 3.05) is 44.0 Å². The average Bonchev–Trinajstić information content (AvgIpc) is 3.13. The number of benzene rings is 1. The predicted molar refractivity (Wildman–Crippen MR) is 109 cm³/mol. The van der Waals surface area contributed by atoms with Gasteiger partial charge in [-0.2, -0.15) is 0 Å². The van der Waals surface area contributed by atoms with Crippen LogP contribution in [0.25, 0.3) is 0 Å². The van der Waals surface area contributed by atoms with Crippen molar-refractivity contribution in [3.63, 3.8) is 0 Å². The molecule has 0 aliphatic carbocycles. The normalized spacial score (nSPS) is 17.0. The molecule has 1 aromatic carbocycles. The van der Waals surface area contributed by atoms with E-state index in [-0.39, 0.29) is 11.7 Å². The van der Waals surface area contributed by atoms with Gasteiger partial charge in [0.1, 0.15) is 23.1 Å². The molecule has 1 aromatic heterocycles. The molecule has 1 saturated heterocycles. The fourth-order valence-electron chi connectivity index (χ4n) is 3.41. The molecule has 28 heavy (non-hydrogen) atoms. The Morgan fingerprint density at radius 3 is 2.68 bits per heavy atom. The highest BCUT2D eigenvalue weighted by molar-refractivity contribution is 5.80. The predicted octanol–water partition coefficient (Wildman–Crippen LogP) is 2.37. The number of nitrogens with zero attached hydrogens (tertiary/aromatic N) is 4. The number of aromatic nitrogens is 1. The summed E-state index contributed by atoms with van der Waals surface area (Å²) >= 11 is 0. The van der Waals surface area contributed by atoms with Gasteiger partial charge in [0.05, 0.1) is 0 Å². The minimum atomic E-state index is -0.532. The van der Waals surface area contributed by atoms with Gasteiger partial charge in [-0.25, -0.2) is 13.8 Å². The monoisotopic (exact) mass is 388 g/mol. The van der Waals surface area contributed by atoms with Gasteiger partial charge in [0.15, 0.2) is 5.96 Å². The summed E-state index contributed by atoms with van der Waals surface area (Å²) < 4.78 is 28.0. The summed E-state index contributed by atoms with van der Waals surface area (Å²) in [4.78, 5) is 12.4. The minimum Gasteiger partial charge on any atom is -0.365 e. The standard InChI is InChI=1S/C20H26F2N6/c1-23-20(25-12-14-6-5-10-24-19(14)27(2)3)26-15-9-11-28(13-15)18-16(21)7-4-8-17(18)22/h4-8,10,15H,9,11-13H2,1-3H3,(H2,23,25,26). The lowest BCUT2D eigenvalue weighted by atomic mass is 10.2. The van der Waals surface area contributed by atoms with E-state index in [0.29, 0.717) is 25.6 Å². The fourth-order valence-corrected chi connectivity index (χ4v) is 3.41. The molecule has 0 radical (unpaired) electrons. The number of rotatable bonds is 5. The van der Waals surface area contributed by atoms with E-state index < -0.39 is 11.6 Å². The Bertz CT molecular complexity index is 819. The molecule has 150 valence electrons. The van der Waals surface area contributed by atoms with Crippen molar-refractivity contribution >= 4 is 17.5 Å². The maximum absolute atomic E-state index is 14.0. The van der Waals surface area contributed by atoms with E-state index in [1.54, 1.807) is 18.1 Å². The molecule has 0 amide bonds. The number of nitrogens with one attached hydrogen (secondary N) is 2.